The predicted molar refractivity (Wildman–Crippen MR) is 172 cm³/mol. The summed E-state index contributed by atoms with van der Waals surface area (Å²) >= 11 is 26.0. The van der Waals surface area contributed by atoms with Crippen molar-refractivity contribution in [3.63, 3.8) is 0 Å². The molecular weight excluding hydrogens is 640 g/mol. The van der Waals surface area contributed by atoms with E-state index in [9.17, 15) is 20.0 Å². The van der Waals surface area contributed by atoms with Gasteiger partial charge in [0.15, 0.2) is 11.2 Å². The molecule has 5 rings (SSSR count). The van der Waals surface area contributed by atoms with Crippen molar-refractivity contribution in [3.8, 4) is 6.07 Å². The largest absolute Gasteiger partial charge is 0.465 e. The molecule has 0 aliphatic heterocycles. The predicted octanol–water partition coefficient (Wildman–Crippen LogP) is 9.03. The van der Waals surface area contributed by atoms with Crippen LogP contribution in [0, 0.1) is 22.7 Å². The molecule has 4 aromatic rings. The molecule has 1 N–H and O–H groups in total. The highest BCUT2D eigenvalue weighted by Crippen LogP contribution is 2.65. The van der Waals surface area contributed by atoms with Gasteiger partial charge in [0.2, 0.25) is 0 Å². The lowest BCUT2D eigenvalue weighted by Gasteiger charge is -2.54. The number of nitrogens with zero attached hydrogens (tertiary/aromatic N) is 1. The molecular formula is C35H27Cl4NO4. The molecule has 0 saturated heterocycles. The van der Waals surface area contributed by atoms with Crippen LogP contribution in [0.1, 0.15) is 52.2 Å². The van der Waals surface area contributed by atoms with Crippen molar-refractivity contribution in [1.82, 2.24) is 0 Å². The Hall–Kier alpha value is -3.37. The van der Waals surface area contributed by atoms with E-state index in [1.54, 1.807) is 104 Å². The minimum atomic E-state index is -2.04. The number of nitriles is 1. The topological polar surface area (TPSA) is 87.4 Å². The van der Waals surface area contributed by atoms with Crippen LogP contribution >= 0.6 is 46.4 Å². The molecule has 9 heteroatoms. The van der Waals surface area contributed by atoms with E-state index in [4.69, 9.17) is 51.1 Å². The maximum Gasteiger partial charge on any atom is 0.327 e. The summed E-state index contributed by atoms with van der Waals surface area (Å²) in [5, 5.41) is 25.6. The molecule has 1 aliphatic rings. The zero-order valence-electron chi connectivity index (χ0n) is 23.5. The third-order valence-corrected chi connectivity index (χ3v) is 9.67. The number of hydrogen-bond donors (Lipinski definition) is 1. The van der Waals surface area contributed by atoms with Gasteiger partial charge in [0.05, 0.1) is 18.6 Å². The van der Waals surface area contributed by atoms with E-state index in [-0.39, 0.29) is 23.6 Å². The Labute approximate surface area is 275 Å². The highest BCUT2D eigenvalue weighted by atomic mass is 35.5. The van der Waals surface area contributed by atoms with E-state index >= 15 is 0 Å². The summed E-state index contributed by atoms with van der Waals surface area (Å²) in [5.74, 6) is -5.07. The fraction of sp³-hybridized carbons (Fsp3) is 0.229. The molecule has 0 heterocycles. The number of rotatable bonds is 7. The van der Waals surface area contributed by atoms with E-state index in [1.165, 1.54) is 0 Å². The number of aliphatic hydroxyl groups is 1. The molecule has 0 amide bonds. The van der Waals surface area contributed by atoms with Gasteiger partial charge in [-0.25, -0.2) is 0 Å². The third-order valence-electron chi connectivity index (χ3n) is 8.48. The van der Waals surface area contributed by atoms with Crippen LogP contribution in [0.5, 0.6) is 0 Å². The van der Waals surface area contributed by atoms with Crippen LogP contribution in [0.15, 0.2) is 97.1 Å². The van der Waals surface area contributed by atoms with Crippen LogP contribution < -0.4 is 0 Å². The molecule has 1 aliphatic carbocycles. The molecule has 4 aromatic carbocycles. The van der Waals surface area contributed by atoms with E-state index < -0.39 is 40.5 Å². The average Bonchev–Trinajstić information content (AvgIpc) is 3.01. The van der Waals surface area contributed by atoms with Crippen molar-refractivity contribution < 1.29 is 19.4 Å². The van der Waals surface area contributed by atoms with Crippen molar-refractivity contribution in [2.24, 2.45) is 11.3 Å². The van der Waals surface area contributed by atoms with E-state index in [0.717, 1.165) is 0 Å². The van der Waals surface area contributed by atoms with Gasteiger partial charge < -0.3 is 9.84 Å². The van der Waals surface area contributed by atoms with Crippen molar-refractivity contribution in [1.29, 1.82) is 5.26 Å². The molecule has 5 atom stereocenters. The first-order valence-electron chi connectivity index (χ1n) is 13.9. The number of ether oxygens (including phenoxy) is 1. The van der Waals surface area contributed by atoms with Gasteiger partial charge in [-0.3, -0.25) is 9.59 Å². The molecule has 44 heavy (non-hydrogen) atoms. The van der Waals surface area contributed by atoms with Crippen LogP contribution in [0.25, 0.3) is 0 Å². The molecule has 224 valence electrons. The molecule has 0 unspecified atom stereocenters. The van der Waals surface area contributed by atoms with Gasteiger partial charge >= 0.3 is 5.97 Å². The molecule has 5 nitrogen and oxygen atoms in total. The standard InChI is InChI=1S/C35H27Cl4NO4/c1-2-44-33(42)34(20-40)27(25-7-3-5-9-28(25)38)19-35(43,22-13-17-24(37)18-14-22)31(30(34)26-8-4-6-10-29(26)39)32(41)21-11-15-23(36)16-12-21/h3-18,27,30-31,43H,2,19H2,1H3/t27-,30-,31-,34-,35-/m0/s1. The number of ketones is 1. The van der Waals surface area contributed by atoms with Crippen LogP contribution in [0.4, 0.5) is 0 Å². The second kappa shape index (κ2) is 12.9. The third kappa shape index (κ3) is 5.51. The number of Topliss-reactive ketones (excluding diaryl/α,β-unsaturated/α-hetero) is 1. The summed E-state index contributed by atoms with van der Waals surface area (Å²) in [5.41, 5.74) is -2.60. The Morgan fingerprint density at radius 1 is 0.841 bits per heavy atom. The van der Waals surface area contributed by atoms with Gasteiger partial charge in [0.25, 0.3) is 0 Å². The normalized spacial score (nSPS) is 24.7. The summed E-state index contributed by atoms with van der Waals surface area (Å²) in [6, 6.07) is 28.6. The SMILES string of the molecule is CCOC(=O)[C@@]1(C#N)[C@H](c2ccccc2Cl)C[C@](O)(c2ccc(Cl)cc2)[C@H](C(=O)c2ccc(Cl)cc2)[C@@H]1c1ccccc1Cl. The van der Waals surface area contributed by atoms with Gasteiger partial charge in [-0.15, -0.1) is 0 Å². The number of carbonyl (C=O) groups is 2. The Kier molecular flexibility index (Phi) is 9.41. The lowest BCUT2D eigenvalue weighted by atomic mass is 9.47. The lowest BCUT2D eigenvalue weighted by Crippen LogP contribution is -2.59. The first-order valence-corrected chi connectivity index (χ1v) is 15.4. The van der Waals surface area contributed by atoms with Gasteiger partial charge in [-0.2, -0.15) is 5.26 Å². The second-order valence-corrected chi connectivity index (χ2v) is 12.4. The molecule has 0 bridgehead atoms. The maximum absolute atomic E-state index is 14.8. The fourth-order valence-electron chi connectivity index (χ4n) is 6.53. The lowest BCUT2D eigenvalue weighted by molar-refractivity contribution is -0.164. The minimum Gasteiger partial charge on any atom is -0.465 e. The summed E-state index contributed by atoms with van der Waals surface area (Å²) < 4.78 is 5.62. The molecule has 0 aromatic heterocycles. The van der Waals surface area contributed by atoms with Crippen LogP contribution in [0.2, 0.25) is 20.1 Å². The number of halogens is 4. The molecule has 0 radical (unpaired) electrons. The molecule has 1 fully saturated rings. The van der Waals surface area contributed by atoms with Crippen molar-refractivity contribution in [2.75, 3.05) is 6.61 Å². The van der Waals surface area contributed by atoms with Crippen LogP contribution in [-0.4, -0.2) is 23.5 Å². The van der Waals surface area contributed by atoms with Gasteiger partial charge in [0, 0.05) is 37.5 Å². The smallest absolute Gasteiger partial charge is 0.327 e. The molecule has 0 spiro atoms. The second-order valence-electron chi connectivity index (χ2n) is 10.8. The monoisotopic (exact) mass is 665 g/mol. The average molecular weight is 667 g/mol. The Bertz CT molecular complexity index is 1740. The molecule has 1 saturated carbocycles. The summed E-state index contributed by atoms with van der Waals surface area (Å²) in [7, 11) is 0. The van der Waals surface area contributed by atoms with Gasteiger partial charge in [0.1, 0.15) is 5.60 Å². The first-order chi connectivity index (χ1) is 21.1. The van der Waals surface area contributed by atoms with Crippen molar-refractivity contribution in [2.45, 2.75) is 30.8 Å². The minimum absolute atomic E-state index is 0.0238. The number of hydrogen-bond acceptors (Lipinski definition) is 5. The van der Waals surface area contributed by atoms with Gasteiger partial charge in [-0.1, -0.05) is 94.9 Å². The Balaban J connectivity index is 1.93. The maximum atomic E-state index is 14.8. The van der Waals surface area contributed by atoms with E-state index in [1.807, 2.05) is 0 Å². The summed E-state index contributed by atoms with van der Waals surface area (Å²) in [6.45, 7) is 1.62. The summed E-state index contributed by atoms with van der Waals surface area (Å²) in [4.78, 5) is 29.1. The Morgan fingerprint density at radius 3 is 1.89 bits per heavy atom. The zero-order chi connectivity index (χ0) is 31.6. The number of benzene rings is 4. The zero-order valence-corrected chi connectivity index (χ0v) is 26.5. The number of carbonyl (C=O) groups excluding carboxylic acids is 2. The van der Waals surface area contributed by atoms with E-state index in [2.05, 4.69) is 6.07 Å². The van der Waals surface area contributed by atoms with Crippen molar-refractivity contribution >= 4 is 58.2 Å². The van der Waals surface area contributed by atoms with Gasteiger partial charge in [-0.05, 0) is 78.6 Å². The fourth-order valence-corrected chi connectivity index (χ4v) is 7.30. The van der Waals surface area contributed by atoms with Crippen LogP contribution in [-0.2, 0) is 15.1 Å². The highest BCUT2D eigenvalue weighted by Gasteiger charge is 2.68. The quantitative estimate of drug-likeness (QED) is 0.157. The van der Waals surface area contributed by atoms with Crippen LogP contribution in [0.3, 0.4) is 0 Å². The van der Waals surface area contributed by atoms with E-state index in [0.29, 0.717) is 31.8 Å². The highest BCUT2D eigenvalue weighted by molar-refractivity contribution is 6.32. The Morgan fingerprint density at radius 2 is 1.36 bits per heavy atom. The number of esters is 1. The summed E-state index contributed by atoms with van der Waals surface area (Å²) in [6.07, 6.45) is -0.226. The van der Waals surface area contributed by atoms with Crippen molar-refractivity contribution in [3.05, 3.63) is 139 Å². The first kappa shape index (κ1) is 32.0.